The van der Waals surface area contributed by atoms with Crippen molar-refractivity contribution in [3.05, 3.63) is 18.2 Å². The highest BCUT2D eigenvalue weighted by molar-refractivity contribution is 5.85. The molecule has 0 aromatic carbocycles. The number of aromatic nitrogens is 2. The summed E-state index contributed by atoms with van der Waals surface area (Å²) in [5.74, 6) is 1.59. The molecule has 0 radical (unpaired) electrons. The number of hydrogen-bond acceptors (Lipinski definition) is 3. The third kappa shape index (κ3) is 2.55. The van der Waals surface area contributed by atoms with Crippen molar-refractivity contribution in [2.75, 3.05) is 13.6 Å². The van der Waals surface area contributed by atoms with Crippen LogP contribution in [-0.2, 0) is 17.8 Å². The molecule has 1 aromatic heterocycles. The molecule has 1 saturated carbocycles. The molecule has 5 heteroatoms. The van der Waals surface area contributed by atoms with E-state index in [1.54, 1.807) is 4.90 Å². The zero-order valence-corrected chi connectivity index (χ0v) is 12.6. The Morgan fingerprint density at radius 2 is 2.33 bits per heavy atom. The maximum absolute atomic E-state index is 12.7. The van der Waals surface area contributed by atoms with Crippen LogP contribution in [0.3, 0.4) is 0 Å². The number of aryl methyl sites for hydroxylation is 1. The van der Waals surface area contributed by atoms with Gasteiger partial charge >= 0.3 is 0 Å². The minimum atomic E-state index is -0.748. The molecule has 1 aliphatic carbocycles. The third-order valence-corrected chi connectivity index (χ3v) is 5.01. The lowest BCUT2D eigenvalue weighted by molar-refractivity contribution is -0.138. The summed E-state index contributed by atoms with van der Waals surface area (Å²) in [6, 6.07) is 2.30. The van der Waals surface area contributed by atoms with Crippen LogP contribution in [-0.4, -0.2) is 34.0 Å². The summed E-state index contributed by atoms with van der Waals surface area (Å²) in [5, 5.41) is 9.43. The van der Waals surface area contributed by atoms with Crippen LogP contribution in [0.1, 0.15) is 37.9 Å². The van der Waals surface area contributed by atoms with Crippen LogP contribution >= 0.6 is 0 Å². The van der Waals surface area contributed by atoms with Gasteiger partial charge in [0, 0.05) is 39.0 Å². The van der Waals surface area contributed by atoms with Gasteiger partial charge < -0.3 is 9.47 Å². The fourth-order valence-electron chi connectivity index (χ4n) is 3.76. The van der Waals surface area contributed by atoms with Gasteiger partial charge in [0.2, 0.25) is 5.91 Å². The van der Waals surface area contributed by atoms with E-state index in [1.165, 1.54) is 0 Å². The van der Waals surface area contributed by atoms with Gasteiger partial charge in [-0.2, -0.15) is 5.26 Å². The van der Waals surface area contributed by atoms with E-state index in [-0.39, 0.29) is 5.91 Å². The highest BCUT2D eigenvalue weighted by Gasteiger charge is 2.43. The predicted molar refractivity (Wildman–Crippen MR) is 78.2 cm³/mol. The van der Waals surface area contributed by atoms with Crippen molar-refractivity contribution in [2.24, 2.45) is 11.3 Å². The number of rotatable bonds is 3. The second kappa shape index (κ2) is 5.51. The van der Waals surface area contributed by atoms with Crippen LogP contribution in [0.15, 0.2) is 12.4 Å². The minimum absolute atomic E-state index is 0.0245. The first kappa shape index (κ1) is 14.1. The molecule has 1 unspecified atom stereocenters. The zero-order valence-electron chi connectivity index (χ0n) is 12.6. The van der Waals surface area contributed by atoms with Crippen LogP contribution in [0.2, 0.25) is 0 Å². The summed E-state index contributed by atoms with van der Waals surface area (Å²) in [5.41, 5.74) is -0.748. The van der Waals surface area contributed by atoms with E-state index >= 15 is 0 Å². The molecule has 112 valence electrons. The van der Waals surface area contributed by atoms with Crippen molar-refractivity contribution in [3.8, 4) is 6.07 Å². The van der Waals surface area contributed by atoms with Crippen LogP contribution < -0.4 is 0 Å². The summed E-state index contributed by atoms with van der Waals surface area (Å²) < 4.78 is 2.19. The van der Waals surface area contributed by atoms with E-state index in [2.05, 4.69) is 15.6 Å². The van der Waals surface area contributed by atoms with Crippen molar-refractivity contribution >= 4 is 5.91 Å². The SMILES string of the molecule is CN(CC1CCn2ccnc2C1)C(=O)C1(C#N)CCCC1. The fourth-order valence-corrected chi connectivity index (χ4v) is 3.76. The zero-order chi connectivity index (χ0) is 14.9. The molecule has 0 spiro atoms. The van der Waals surface area contributed by atoms with Crippen LogP contribution in [0, 0.1) is 22.7 Å². The quantitative estimate of drug-likeness (QED) is 0.853. The maximum Gasteiger partial charge on any atom is 0.242 e. The molecule has 1 fully saturated rings. The van der Waals surface area contributed by atoms with Gasteiger partial charge in [0.15, 0.2) is 0 Å². The fraction of sp³-hybridized carbons (Fsp3) is 0.688. The van der Waals surface area contributed by atoms with Gasteiger partial charge in [-0.25, -0.2) is 4.98 Å². The Morgan fingerprint density at radius 3 is 3.05 bits per heavy atom. The molecular formula is C16H22N4O. The lowest BCUT2D eigenvalue weighted by atomic mass is 9.86. The summed E-state index contributed by atoms with van der Waals surface area (Å²) in [4.78, 5) is 18.8. The normalized spacial score (nSPS) is 23.3. The molecule has 1 atom stereocenters. The molecule has 5 nitrogen and oxygen atoms in total. The first-order valence-corrected chi connectivity index (χ1v) is 7.81. The van der Waals surface area contributed by atoms with Gasteiger partial charge in [0.05, 0.1) is 6.07 Å². The molecule has 21 heavy (non-hydrogen) atoms. The monoisotopic (exact) mass is 286 g/mol. The van der Waals surface area contributed by atoms with Crippen LogP contribution in [0.5, 0.6) is 0 Å². The van der Waals surface area contributed by atoms with E-state index in [0.717, 1.165) is 57.4 Å². The number of carbonyl (C=O) groups excluding carboxylic acids is 1. The maximum atomic E-state index is 12.7. The first-order valence-electron chi connectivity index (χ1n) is 7.81. The van der Waals surface area contributed by atoms with Gasteiger partial charge in [-0.3, -0.25) is 4.79 Å². The average molecular weight is 286 g/mol. The molecular weight excluding hydrogens is 264 g/mol. The van der Waals surface area contributed by atoms with E-state index in [9.17, 15) is 10.1 Å². The number of nitriles is 1. The summed E-state index contributed by atoms with van der Waals surface area (Å²) >= 11 is 0. The van der Waals surface area contributed by atoms with Crippen molar-refractivity contribution in [2.45, 2.75) is 45.1 Å². The lowest BCUT2D eigenvalue weighted by Crippen LogP contribution is -2.43. The highest BCUT2D eigenvalue weighted by atomic mass is 16.2. The van der Waals surface area contributed by atoms with E-state index in [1.807, 2.05) is 19.4 Å². The van der Waals surface area contributed by atoms with Gasteiger partial charge in [-0.1, -0.05) is 12.8 Å². The largest absolute Gasteiger partial charge is 0.344 e. The Bertz CT molecular complexity index is 565. The second-order valence-corrected chi connectivity index (χ2v) is 6.48. The Kier molecular flexibility index (Phi) is 3.71. The second-order valence-electron chi connectivity index (χ2n) is 6.48. The Balaban J connectivity index is 1.63. The Hall–Kier alpha value is -1.83. The molecule has 0 bridgehead atoms. The molecule has 1 aliphatic heterocycles. The predicted octanol–water partition coefficient (Wildman–Crippen LogP) is 1.99. The van der Waals surface area contributed by atoms with Crippen molar-refractivity contribution < 1.29 is 4.79 Å². The van der Waals surface area contributed by atoms with Crippen molar-refractivity contribution in [1.29, 1.82) is 5.26 Å². The molecule has 2 heterocycles. The Labute approximate surface area is 125 Å². The molecule has 1 amide bonds. The lowest BCUT2D eigenvalue weighted by Gasteiger charge is -2.31. The van der Waals surface area contributed by atoms with E-state index < -0.39 is 5.41 Å². The molecule has 3 rings (SSSR count). The molecule has 2 aliphatic rings. The third-order valence-electron chi connectivity index (χ3n) is 5.01. The van der Waals surface area contributed by atoms with Crippen LogP contribution in [0.4, 0.5) is 0 Å². The summed E-state index contributed by atoms with van der Waals surface area (Å²) in [7, 11) is 1.85. The smallest absolute Gasteiger partial charge is 0.242 e. The summed E-state index contributed by atoms with van der Waals surface area (Å²) in [6.45, 7) is 1.71. The van der Waals surface area contributed by atoms with E-state index in [4.69, 9.17) is 0 Å². The van der Waals surface area contributed by atoms with Crippen LogP contribution in [0.25, 0.3) is 0 Å². The highest BCUT2D eigenvalue weighted by Crippen LogP contribution is 2.39. The average Bonchev–Trinajstić information content (AvgIpc) is 3.15. The van der Waals surface area contributed by atoms with Gasteiger partial charge in [0.1, 0.15) is 11.2 Å². The number of amides is 1. The molecule has 0 saturated heterocycles. The van der Waals surface area contributed by atoms with Gasteiger partial charge in [-0.15, -0.1) is 0 Å². The molecule has 0 N–H and O–H groups in total. The number of carbonyl (C=O) groups is 1. The first-order chi connectivity index (χ1) is 10.1. The number of nitrogens with zero attached hydrogens (tertiary/aromatic N) is 4. The summed E-state index contributed by atoms with van der Waals surface area (Å²) in [6.07, 6.45) is 9.29. The minimum Gasteiger partial charge on any atom is -0.344 e. The van der Waals surface area contributed by atoms with Crippen molar-refractivity contribution in [3.63, 3.8) is 0 Å². The number of hydrogen-bond donors (Lipinski definition) is 0. The van der Waals surface area contributed by atoms with Gasteiger partial charge in [0.25, 0.3) is 0 Å². The topological polar surface area (TPSA) is 61.9 Å². The molecule has 1 aromatic rings. The Morgan fingerprint density at radius 1 is 1.57 bits per heavy atom. The number of fused-ring (bicyclic) bond motifs is 1. The number of imidazole rings is 1. The van der Waals surface area contributed by atoms with E-state index in [0.29, 0.717) is 5.92 Å². The standard InChI is InChI=1S/C16H22N4O/c1-19(15(21)16(12-17)5-2-3-6-16)11-13-4-8-20-9-7-18-14(20)10-13/h7,9,13H,2-6,8,10-11H2,1H3. The van der Waals surface area contributed by atoms with Crippen molar-refractivity contribution in [1.82, 2.24) is 14.5 Å². The van der Waals surface area contributed by atoms with Gasteiger partial charge in [-0.05, 0) is 25.2 Å².